The van der Waals surface area contributed by atoms with Crippen LogP contribution >= 0.6 is 23.8 Å². The van der Waals surface area contributed by atoms with Gasteiger partial charge in [0.05, 0.1) is 19.0 Å². The number of rotatable bonds is 12. The second-order valence-corrected chi connectivity index (χ2v) is 11.5. The van der Waals surface area contributed by atoms with Crippen LogP contribution in [0.5, 0.6) is 0 Å². The van der Waals surface area contributed by atoms with Crippen molar-refractivity contribution in [3.05, 3.63) is 106 Å². The lowest BCUT2D eigenvalue weighted by Gasteiger charge is -2.30. The molecule has 7 nitrogen and oxygen atoms in total. The monoisotopic (exact) mass is 670 g/mol. The second-order valence-electron chi connectivity index (χ2n) is 10.8. The van der Waals surface area contributed by atoms with Crippen LogP contribution in [0, 0.1) is 0 Å². The van der Waals surface area contributed by atoms with Crippen LogP contribution in [0.1, 0.15) is 65.2 Å². The van der Waals surface area contributed by atoms with Crippen molar-refractivity contribution in [2.24, 2.45) is 4.99 Å². The Morgan fingerprint density at radius 1 is 1.02 bits per heavy atom. The van der Waals surface area contributed by atoms with Gasteiger partial charge < -0.3 is 20.6 Å². The number of aliphatic carboxylic acids is 1. The molecule has 0 saturated carbocycles. The Morgan fingerprint density at radius 3 is 2.30 bits per heavy atom. The molecule has 0 aromatic heterocycles. The van der Waals surface area contributed by atoms with Crippen LogP contribution in [0.15, 0.2) is 83.9 Å². The molecule has 46 heavy (non-hydrogen) atoms. The number of carbonyl (C=O) groups excluding carboxylic acids is 1. The van der Waals surface area contributed by atoms with Crippen molar-refractivity contribution in [3.8, 4) is 0 Å². The highest BCUT2D eigenvalue weighted by molar-refractivity contribution is 7.79. The predicted octanol–water partition coefficient (Wildman–Crippen LogP) is 7.76. The van der Waals surface area contributed by atoms with Gasteiger partial charge in [0.15, 0.2) is 5.96 Å². The van der Waals surface area contributed by atoms with Gasteiger partial charge in [0.1, 0.15) is 6.54 Å². The van der Waals surface area contributed by atoms with Crippen LogP contribution < -0.4 is 15.5 Å². The van der Waals surface area contributed by atoms with Crippen LogP contribution in [0.2, 0.25) is 5.02 Å². The van der Waals surface area contributed by atoms with Gasteiger partial charge in [-0.05, 0) is 84.3 Å². The highest BCUT2D eigenvalue weighted by Crippen LogP contribution is 2.29. The summed E-state index contributed by atoms with van der Waals surface area (Å²) in [5, 5.41) is 16.4. The highest BCUT2D eigenvalue weighted by atomic mass is 35.5. The van der Waals surface area contributed by atoms with Gasteiger partial charge in [0.2, 0.25) is 0 Å². The van der Waals surface area contributed by atoms with Gasteiger partial charge in [-0.3, -0.25) is 9.59 Å². The zero-order valence-electron chi connectivity index (χ0n) is 24.9. The Labute approximate surface area is 276 Å². The molecule has 0 heterocycles. The van der Waals surface area contributed by atoms with Gasteiger partial charge in [0, 0.05) is 28.2 Å². The minimum absolute atomic E-state index is 0.0179. The van der Waals surface area contributed by atoms with Crippen molar-refractivity contribution >= 4 is 58.3 Å². The maximum Gasteiger partial charge on any atom is 0.408 e. The van der Waals surface area contributed by atoms with Crippen molar-refractivity contribution in [1.82, 2.24) is 10.6 Å². The summed E-state index contributed by atoms with van der Waals surface area (Å²) in [6.45, 7) is -1.33. The summed E-state index contributed by atoms with van der Waals surface area (Å²) in [6.07, 6.45) is 1.70. The molecule has 1 atom stereocenters. The molecule has 0 radical (unpaired) electrons. The minimum atomic E-state index is -4.56. The van der Waals surface area contributed by atoms with Crippen LogP contribution in [0.3, 0.4) is 0 Å². The lowest BCUT2D eigenvalue weighted by atomic mass is 9.93. The molecule has 1 amide bonds. The number of carboxylic acid groups (broad SMARTS) is 1. The fourth-order valence-corrected chi connectivity index (χ4v) is 5.30. The molecule has 12 heteroatoms. The molecule has 0 fully saturated rings. The number of nitrogens with zero attached hydrogens (tertiary/aromatic N) is 2. The maximum absolute atomic E-state index is 13.5. The Hall–Kier alpha value is -4.22. The maximum atomic E-state index is 13.5. The first-order chi connectivity index (χ1) is 22.0. The summed E-state index contributed by atoms with van der Waals surface area (Å²) in [5.41, 5.74) is 4.60. The SMILES string of the molecule is O=C(O)CCNC(=O)c1ccc(CN(C(=NCC(F)(F)F)NC(C=S)c2ccc(Cl)cc2)c2ccc(C3=CCCCC3)cc2)cc1. The number of nitrogens with one attached hydrogen (secondary N) is 2. The number of carboxylic acids is 1. The molecule has 4 rings (SSSR count). The molecule has 0 aliphatic heterocycles. The molecule has 0 bridgehead atoms. The number of carbonyl (C=O) groups is 2. The molecule has 0 saturated heterocycles. The van der Waals surface area contributed by atoms with Gasteiger partial charge >= 0.3 is 12.1 Å². The Kier molecular flexibility index (Phi) is 12.3. The molecule has 1 aliphatic carbocycles. The fourth-order valence-electron chi connectivity index (χ4n) is 4.95. The van der Waals surface area contributed by atoms with Crippen molar-refractivity contribution in [2.75, 3.05) is 18.0 Å². The van der Waals surface area contributed by atoms with Gasteiger partial charge in [-0.25, -0.2) is 4.99 Å². The Bertz CT molecular complexity index is 1560. The number of anilines is 1. The Morgan fingerprint density at radius 2 is 1.72 bits per heavy atom. The van der Waals surface area contributed by atoms with E-state index >= 15 is 0 Å². The van der Waals surface area contributed by atoms with Gasteiger partial charge in [-0.1, -0.05) is 66.3 Å². The fraction of sp³-hybridized carbons (Fsp3) is 0.294. The quantitative estimate of drug-likeness (QED) is 0.104. The third-order valence-electron chi connectivity index (χ3n) is 7.34. The minimum Gasteiger partial charge on any atom is -0.481 e. The molecule has 1 unspecified atom stereocenters. The Balaban J connectivity index is 1.69. The van der Waals surface area contributed by atoms with Gasteiger partial charge in [-0.15, -0.1) is 0 Å². The summed E-state index contributed by atoms with van der Waals surface area (Å²) in [7, 11) is 0. The van der Waals surface area contributed by atoms with Crippen molar-refractivity contribution in [2.45, 2.75) is 50.9 Å². The highest BCUT2D eigenvalue weighted by Gasteiger charge is 2.28. The summed E-state index contributed by atoms with van der Waals surface area (Å²) < 4.78 is 40.6. The number of aliphatic imine (C=N–C) groups is 1. The first kappa shape index (κ1) is 34.6. The van der Waals surface area contributed by atoms with Crippen molar-refractivity contribution in [3.63, 3.8) is 0 Å². The number of thiocarbonyl (C=S) groups is 1. The van der Waals surface area contributed by atoms with Crippen molar-refractivity contribution < 1.29 is 27.9 Å². The van der Waals surface area contributed by atoms with Crippen molar-refractivity contribution in [1.29, 1.82) is 0 Å². The number of hydrogen-bond acceptors (Lipinski definition) is 4. The number of benzene rings is 3. The number of amides is 1. The molecule has 1 aliphatic rings. The first-order valence-electron chi connectivity index (χ1n) is 14.8. The third-order valence-corrected chi connectivity index (χ3v) is 7.86. The van der Waals surface area contributed by atoms with E-state index in [1.54, 1.807) is 53.4 Å². The molecule has 242 valence electrons. The largest absolute Gasteiger partial charge is 0.481 e. The molecule has 3 aromatic rings. The normalized spacial score (nSPS) is 14.2. The standard InChI is InChI=1S/C34H34ClF3N4O3S/c35-28-14-10-26(11-15-28)30(21-46)41-33(40-22-34(36,37)38)42(29-16-12-25(13-17-29)24-4-2-1-3-5-24)20-23-6-8-27(9-7-23)32(45)39-19-18-31(43)44/h4,6-17,21,30H,1-3,5,18-20,22H2,(H,39,45)(H,40,41)(H,43,44). The molecule has 3 N–H and O–H groups in total. The zero-order valence-corrected chi connectivity index (χ0v) is 26.5. The van der Waals surface area contributed by atoms with Crippen LogP contribution in [0.25, 0.3) is 5.57 Å². The molecule has 3 aromatic carbocycles. The number of allylic oxidation sites excluding steroid dienone is 2. The number of halogens is 4. The van der Waals surface area contributed by atoms with E-state index in [9.17, 15) is 22.8 Å². The lowest BCUT2D eigenvalue weighted by Crippen LogP contribution is -2.44. The lowest BCUT2D eigenvalue weighted by molar-refractivity contribution is -0.136. The summed E-state index contributed by atoms with van der Waals surface area (Å²) in [4.78, 5) is 28.9. The first-order valence-corrected chi connectivity index (χ1v) is 15.6. The number of alkyl halides is 3. The smallest absolute Gasteiger partial charge is 0.408 e. The number of guanidine groups is 1. The average molecular weight is 671 g/mol. The van der Waals surface area contributed by atoms with E-state index in [4.69, 9.17) is 28.9 Å². The van der Waals surface area contributed by atoms with Gasteiger partial charge in [0.25, 0.3) is 5.91 Å². The summed E-state index contributed by atoms with van der Waals surface area (Å²) >= 11 is 11.3. The summed E-state index contributed by atoms with van der Waals surface area (Å²) in [5.74, 6) is -1.50. The van der Waals surface area contributed by atoms with Gasteiger partial charge in [-0.2, -0.15) is 13.2 Å². The molecule has 0 spiro atoms. The predicted molar refractivity (Wildman–Crippen MR) is 179 cm³/mol. The van der Waals surface area contributed by atoms with Crippen LogP contribution in [-0.2, 0) is 11.3 Å². The topological polar surface area (TPSA) is 94.0 Å². The van der Waals surface area contributed by atoms with E-state index in [1.807, 2.05) is 24.3 Å². The van der Waals surface area contributed by atoms with E-state index in [2.05, 4.69) is 21.7 Å². The van der Waals surface area contributed by atoms with E-state index in [-0.39, 0.29) is 25.5 Å². The molecular weight excluding hydrogens is 637 g/mol. The average Bonchev–Trinajstić information content (AvgIpc) is 3.05. The van der Waals surface area contributed by atoms with E-state index in [0.29, 0.717) is 27.4 Å². The van der Waals surface area contributed by atoms with Crippen LogP contribution in [0.4, 0.5) is 18.9 Å². The third kappa shape index (κ3) is 10.4. The second kappa shape index (κ2) is 16.4. The van der Waals surface area contributed by atoms with E-state index in [1.165, 1.54) is 10.9 Å². The number of hydrogen-bond donors (Lipinski definition) is 3. The molecular formula is C34H34ClF3N4O3S. The van der Waals surface area contributed by atoms with E-state index in [0.717, 1.165) is 31.2 Å². The van der Waals surface area contributed by atoms with E-state index < -0.39 is 30.6 Å². The summed E-state index contributed by atoms with van der Waals surface area (Å²) in [6, 6.07) is 20.3. The van der Waals surface area contributed by atoms with Crippen LogP contribution in [-0.4, -0.2) is 47.6 Å². The zero-order chi connectivity index (χ0) is 33.1.